The van der Waals surface area contributed by atoms with Crippen molar-refractivity contribution in [2.24, 2.45) is 5.10 Å². The number of carbonyl (C=O) groups excluding carboxylic acids is 2. The van der Waals surface area contributed by atoms with E-state index in [-0.39, 0.29) is 16.3 Å². The van der Waals surface area contributed by atoms with Crippen molar-refractivity contribution in [3.8, 4) is 11.1 Å². The average molecular weight is 352 g/mol. The van der Waals surface area contributed by atoms with E-state index in [1.165, 1.54) is 11.8 Å². The molecule has 5 heteroatoms. The van der Waals surface area contributed by atoms with Crippen LogP contribution in [0.15, 0.2) is 47.6 Å². The van der Waals surface area contributed by atoms with Gasteiger partial charge in [-0.1, -0.05) is 42.1 Å². The molecule has 1 aliphatic rings. The van der Waals surface area contributed by atoms with Crippen LogP contribution < -0.4 is 5.43 Å². The second-order valence-electron chi connectivity index (χ2n) is 6.21. The zero-order valence-corrected chi connectivity index (χ0v) is 15.3. The van der Waals surface area contributed by atoms with E-state index < -0.39 is 0 Å². The Bertz CT molecular complexity index is 859. The molecule has 0 saturated heterocycles. The highest BCUT2D eigenvalue weighted by molar-refractivity contribution is 8.14. The molecular weight excluding hydrogens is 332 g/mol. The number of carbonyl (C=O) groups is 2. The van der Waals surface area contributed by atoms with Crippen LogP contribution in [-0.2, 0) is 11.2 Å². The fourth-order valence-corrected chi connectivity index (χ4v) is 3.75. The molecule has 0 saturated carbocycles. The summed E-state index contributed by atoms with van der Waals surface area (Å²) in [5.41, 5.74) is 8.61. The number of benzene rings is 2. The molecule has 4 nitrogen and oxygen atoms in total. The third-order valence-electron chi connectivity index (χ3n) is 4.27. The van der Waals surface area contributed by atoms with Crippen LogP contribution in [0.4, 0.5) is 4.79 Å². The van der Waals surface area contributed by atoms with Crippen LogP contribution in [0.1, 0.15) is 30.5 Å². The first-order valence-corrected chi connectivity index (χ1v) is 9.06. The number of hydrazone groups is 1. The van der Waals surface area contributed by atoms with Gasteiger partial charge in [0.25, 0.3) is 5.24 Å². The zero-order valence-electron chi connectivity index (χ0n) is 14.5. The van der Waals surface area contributed by atoms with Crippen LogP contribution in [0.25, 0.3) is 11.1 Å². The Morgan fingerprint density at radius 3 is 2.56 bits per heavy atom. The summed E-state index contributed by atoms with van der Waals surface area (Å²) >= 11 is 1.22. The molecule has 0 aromatic heterocycles. The number of nitrogens with zero attached hydrogens (tertiary/aromatic N) is 1. The third kappa shape index (κ3) is 3.82. The molecule has 1 atom stereocenters. The van der Waals surface area contributed by atoms with Gasteiger partial charge < -0.3 is 0 Å². The first kappa shape index (κ1) is 17.4. The van der Waals surface area contributed by atoms with Gasteiger partial charge in [-0.25, -0.2) is 5.43 Å². The number of nitrogens with one attached hydrogen (secondary N) is 1. The second-order valence-corrected chi connectivity index (χ2v) is 7.52. The number of Topliss-reactive ketones (excluding diaryl/α,β-unsaturated/α-hetero) is 1. The predicted octanol–water partition coefficient (Wildman–Crippen LogP) is 4.34. The fourth-order valence-electron chi connectivity index (χ4n) is 3.03. The lowest BCUT2D eigenvalue weighted by molar-refractivity contribution is -0.116. The minimum absolute atomic E-state index is 0.0368. The number of amides is 1. The van der Waals surface area contributed by atoms with Crippen molar-refractivity contribution < 1.29 is 9.59 Å². The average Bonchev–Trinajstić information content (AvgIpc) is 2.57. The molecule has 1 aliphatic heterocycles. The number of hydrogen-bond donors (Lipinski definition) is 1. The summed E-state index contributed by atoms with van der Waals surface area (Å²) in [5.74, 6) is 0.126. The zero-order chi connectivity index (χ0) is 18.0. The van der Waals surface area contributed by atoms with Crippen molar-refractivity contribution in [3.63, 3.8) is 0 Å². The van der Waals surface area contributed by atoms with Crippen molar-refractivity contribution >= 4 is 28.5 Å². The van der Waals surface area contributed by atoms with E-state index in [0.717, 1.165) is 33.5 Å². The Kier molecular flexibility index (Phi) is 5.04. The summed E-state index contributed by atoms with van der Waals surface area (Å²) in [6.45, 7) is 5.62. The van der Waals surface area contributed by atoms with Gasteiger partial charge in [0.2, 0.25) is 0 Å². The number of hydrogen-bond acceptors (Lipinski definition) is 4. The second kappa shape index (κ2) is 7.23. The molecule has 1 N–H and O–H groups in total. The van der Waals surface area contributed by atoms with Crippen molar-refractivity contribution in [2.45, 2.75) is 32.4 Å². The maximum Gasteiger partial charge on any atom is 0.299 e. The Morgan fingerprint density at radius 2 is 1.92 bits per heavy atom. The Labute approximate surface area is 151 Å². The first-order chi connectivity index (χ1) is 12.0. The summed E-state index contributed by atoms with van der Waals surface area (Å²) in [7, 11) is 0. The Balaban J connectivity index is 2.16. The quantitative estimate of drug-likeness (QED) is 0.890. The van der Waals surface area contributed by atoms with Crippen LogP contribution in [0, 0.1) is 6.92 Å². The van der Waals surface area contributed by atoms with Gasteiger partial charge in [-0.05, 0) is 60.7 Å². The van der Waals surface area contributed by atoms with Gasteiger partial charge in [-0.2, -0.15) is 5.10 Å². The number of thioether (sulfide) groups is 1. The molecule has 25 heavy (non-hydrogen) atoms. The Morgan fingerprint density at radius 1 is 1.20 bits per heavy atom. The molecule has 2 aromatic carbocycles. The van der Waals surface area contributed by atoms with Crippen LogP contribution in [0.3, 0.4) is 0 Å². The van der Waals surface area contributed by atoms with Crippen LogP contribution in [0.2, 0.25) is 0 Å². The lowest BCUT2D eigenvalue weighted by Crippen LogP contribution is -2.30. The predicted molar refractivity (Wildman–Crippen MR) is 103 cm³/mol. The molecule has 1 heterocycles. The molecule has 0 bridgehead atoms. The molecule has 0 spiro atoms. The van der Waals surface area contributed by atoms with Gasteiger partial charge in [0.05, 0.1) is 11.0 Å². The minimum Gasteiger partial charge on any atom is -0.300 e. The SMILES string of the molecule is CC(=O)Cc1cc(C2=NNC(=O)SC2C)cc(-c2ccccc2)c1C. The number of ketones is 1. The molecule has 0 aliphatic carbocycles. The summed E-state index contributed by atoms with van der Waals surface area (Å²) in [6, 6.07) is 14.2. The normalized spacial score (nSPS) is 17.0. The highest BCUT2D eigenvalue weighted by atomic mass is 32.2. The number of rotatable bonds is 4. The summed E-state index contributed by atoms with van der Waals surface area (Å²) in [5, 5.41) is 4.08. The highest BCUT2D eigenvalue weighted by Crippen LogP contribution is 2.30. The molecule has 2 aromatic rings. The summed E-state index contributed by atoms with van der Waals surface area (Å²) < 4.78 is 0. The van der Waals surface area contributed by atoms with E-state index in [1.807, 2.05) is 38.1 Å². The lowest BCUT2D eigenvalue weighted by atomic mass is 9.90. The van der Waals surface area contributed by atoms with Gasteiger partial charge in [0, 0.05) is 6.42 Å². The minimum atomic E-state index is -0.143. The van der Waals surface area contributed by atoms with Crippen molar-refractivity contribution in [1.82, 2.24) is 5.43 Å². The molecule has 0 fully saturated rings. The molecule has 128 valence electrons. The van der Waals surface area contributed by atoms with Gasteiger partial charge in [0.1, 0.15) is 5.78 Å². The van der Waals surface area contributed by atoms with Crippen LogP contribution >= 0.6 is 11.8 Å². The maximum atomic E-state index is 11.7. The van der Waals surface area contributed by atoms with Crippen LogP contribution in [0.5, 0.6) is 0 Å². The van der Waals surface area contributed by atoms with Gasteiger partial charge in [0.15, 0.2) is 0 Å². The van der Waals surface area contributed by atoms with E-state index in [9.17, 15) is 9.59 Å². The molecule has 1 amide bonds. The van der Waals surface area contributed by atoms with Crippen molar-refractivity contribution in [3.05, 3.63) is 59.2 Å². The van der Waals surface area contributed by atoms with Gasteiger partial charge in [-0.15, -0.1) is 0 Å². The Hall–Kier alpha value is -2.40. The third-order valence-corrected chi connectivity index (χ3v) is 5.15. The van der Waals surface area contributed by atoms with E-state index in [2.05, 4.69) is 28.7 Å². The largest absolute Gasteiger partial charge is 0.300 e. The van der Waals surface area contributed by atoms with Crippen molar-refractivity contribution in [1.29, 1.82) is 0 Å². The molecule has 1 unspecified atom stereocenters. The molecule has 0 radical (unpaired) electrons. The van der Waals surface area contributed by atoms with E-state index in [1.54, 1.807) is 6.92 Å². The van der Waals surface area contributed by atoms with Crippen molar-refractivity contribution in [2.75, 3.05) is 0 Å². The van der Waals surface area contributed by atoms with E-state index in [0.29, 0.717) is 6.42 Å². The summed E-state index contributed by atoms with van der Waals surface area (Å²) in [6.07, 6.45) is 0.390. The highest BCUT2D eigenvalue weighted by Gasteiger charge is 2.24. The first-order valence-electron chi connectivity index (χ1n) is 8.18. The topological polar surface area (TPSA) is 58.5 Å². The van der Waals surface area contributed by atoms with Gasteiger partial charge >= 0.3 is 0 Å². The van der Waals surface area contributed by atoms with Gasteiger partial charge in [-0.3, -0.25) is 9.59 Å². The molecular formula is C20H20N2O2S. The summed E-state index contributed by atoms with van der Waals surface area (Å²) in [4.78, 5) is 23.2. The van der Waals surface area contributed by atoms with Crippen LogP contribution in [-0.4, -0.2) is 22.0 Å². The maximum absolute atomic E-state index is 11.7. The van der Waals surface area contributed by atoms with E-state index in [4.69, 9.17) is 0 Å². The standard InChI is InChI=1S/C20H20N2O2S/c1-12(23)9-16-10-17(19-14(3)25-20(24)22-21-19)11-18(13(16)2)15-7-5-4-6-8-15/h4-8,10-11,14H,9H2,1-3H3,(H,22,24). The fraction of sp³-hybridized carbons (Fsp3) is 0.250. The monoisotopic (exact) mass is 352 g/mol. The smallest absolute Gasteiger partial charge is 0.299 e. The van der Waals surface area contributed by atoms with E-state index >= 15 is 0 Å². The molecule has 3 rings (SSSR count). The lowest BCUT2D eigenvalue weighted by Gasteiger charge is -2.21.